The van der Waals surface area contributed by atoms with Crippen LogP contribution in [0.25, 0.3) is 0 Å². The third-order valence-corrected chi connectivity index (χ3v) is 4.54. The van der Waals surface area contributed by atoms with Gasteiger partial charge in [0, 0.05) is 5.41 Å². The largest absolute Gasteiger partial charge is 0.303 e. The summed E-state index contributed by atoms with van der Waals surface area (Å²) >= 11 is 0. The molecule has 3 rings (SSSR count). The number of hydrogen-bond acceptors (Lipinski definition) is 1. The molecule has 3 atom stereocenters. The first kappa shape index (κ1) is 7.11. The fourth-order valence-corrected chi connectivity index (χ4v) is 3.67. The Labute approximate surface area is 73.5 Å². The minimum Gasteiger partial charge on any atom is -0.303 e. The molecule has 3 unspecified atom stereocenters. The summed E-state index contributed by atoms with van der Waals surface area (Å²) in [6.45, 7) is 0. The van der Waals surface area contributed by atoms with E-state index in [1.165, 1.54) is 44.8 Å². The van der Waals surface area contributed by atoms with E-state index in [1.54, 1.807) is 0 Å². The van der Waals surface area contributed by atoms with Gasteiger partial charge in [-0.15, -0.1) is 0 Å². The molecule has 0 N–H and O–H groups in total. The van der Waals surface area contributed by atoms with Crippen LogP contribution in [0.2, 0.25) is 0 Å². The molecule has 0 aromatic rings. The summed E-state index contributed by atoms with van der Waals surface area (Å²) in [6.07, 6.45) is 9.37. The van der Waals surface area contributed by atoms with Gasteiger partial charge in [-0.2, -0.15) is 0 Å². The molecule has 0 spiro atoms. The van der Waals surface area contributed by atoms with Crippen molar-refractivity contribution in [3.05, 3.63) is 0 Å². The summed E-state index contributed by atoms with van der Waals surface area (Å²) in [5, 5.41) is 0. The molecule has 3 saturated carbocycles. The van der Waals surface area contributed by atoms with Gasteiger partial charge < -0.3 is 4.79 Å². The molecule has 0 saturated heterocycles. The Morgan fingerprint density at radius 2 is 2.00 bits per heavy atom. The van der Waals surface area contributed by atoms with E-state index in [9.17, 15) is 4.79 Å². The molecule has 12 heavy (non-hydrogen) atoms. The van der Waals surface area contributed by atoms with Crippen LogP contribution in [0.15, 0.2) is 0 Å². The highest BCUT2D eigenvalue weighted by atomic mass is 16.1. The maximum Gasteiger partial charge on any atom is 0.126 e. The van der Waals surface area contributed by atoms with E-state index in [4.69, 9.17) is 0 Å². The number of carbonyl (C=O) groups is 1. The van der Waals surface area contributed by atoms with E-state index >= 15 is 0 Å². The summed E-state index contributed by atoms with van der Waals surface area (Å²) in [4.78, 5) is 11.0. The van der Waals surface area contributed by atoms with Crippen molar-refractivity contribution >= 4 is 6.29 Å². The Kier molecular flexibility index (Phi) is 1.26. The van der Waals surface area contributed by atoms with Gasteiger partial charge in [0.2, 0.25) is 0 Å². The number of carbonyl (C=O) groups excluding carboxylic acids is 1. The lowest BCUT2D eigenvalue weighted by atomic mass is 9.78. The van der Waals surface area contributed by atoms with Gasteiger partial charge in [-0.25, -0.2) is 0 Å². The zero-order valence-electron chi connectivity index (χ0n) is 7.46. The quantitative estimate of drug-likeness (QED) is 0.573. The second-order valence-corrected chi connectivity index (χ2v) is 5.13. The molecule has 3 aliphatic carbocycles. The van der Waals surface area contributed by atoms with Crippen molar-refractivity contribution in [2.75, 3.05) is 0 Å². The molecule has 3 fully saturated rings. The Morgan fingerprint density at radius 3 is 2.42 bits per heavy atom. The lowest BCUT2D eigenvalue weighted by Crippen LogP contribution is -2.23. The van der Waals surface area contributed by atoms with Gasteiger partial charge in [-0.1, -0.05) is 6.42 Å². The van der Waals surface area contributed by atoms with Crippen molar-refractivity contribution in [3.63, 3.8) is 0 Å². The molecule has 0 aliphatic heterocycles. The SMILES string of the molecule is O=CC1(C2CC3CCC2C3)CC1. The minimum atomic E-state index is 0.194. The van der Waals surface area contributed by atoms with E-state index in [-0.39, 0.29) is 5.41 Å². The fraction of sp³-hybridized carbons (Fsp3) is 0.909. The monoisotopic (exact) mass is 164 g/mol. The second-order valence-electron chi connectivity index (χ2n) is 5.13. The van der Waals surface area contributed by atoms with E-state index in [0.29, 0.717) is 0 Å². The van der Waals surface area contributed by atoms with Crippen molar-refractivity contribution in [2.24, 2.45) is 23.2 Å². The van der Waals surface area contributed by atoms with E-state index < -0.39 is 0 Å². The molecule has 2 bridgehead atoms. The van der Waals surface area contributed by atoms with Crippen LogP contribution >= 0.6 is 0 Å². The Balaban J connectivity index is 1.82. The zero-order chi connectivity index (χ0) is 8.18. The van der Waals surface area contributed by atoms with E-state index in [0.717, 1.165) is 17.8 Å². The molecule has 3 aliphatic rings. The van der Waals surface area contributed by atoms with Gasteiger partial charge in [-0.05, 0) is 49.9 Å². The lowest BCUT2D eigenvalue weighted by Gasteiger charge is -2.26. The maximum atomic E-state index is 11.0. The smallest absolute Gasteiger partial charge is 0.126 e. The number of fused-ring (bicyclic) bond motifs is 2. The van der Waals surface area contributed by atoms with Gasteiger partial charge in [0.15, 0.2) is 0 Å². The molecular weight excluding hydrogens is 148 g/mol. The van der Waals surface area contributed by atoms with Crippen molar-refractivity contribution in [3.8, 4) is 0 Å². The van der Waals surface area contributed by atoms with Crippen LogP contribution in [0.4, 0.5) is 0 Å². The van der Waals surface area contributed by atoms with Gasteiger partial charge >= 0.3 is 0 Å². The predicted molar refractivity (Wildman–Crippen MR) is 46.7 cm³/mol. The molecule has 0 heterocycles. The summed E-state index contributed by atoms with van der Waals surface area (Å²) in [5.41, 5.74) is 0.194. The van der Waals surface area contributed by atoms with Gasteiger partial charge in [0.25, 0.3) is 0 Å². The third-order valence-electron chi connectivity index (χ3n) is 4.54. The molecular formula is C11H16O. The Bertz CT molecular complexity index is 217. The van der Waals surface area contributed by atoms with Crippen LogP contribution < -0.4 is 0 Å². The number of hydrogen-bond donors (Lipinski definition) is 0. The van der Waals surface area contributed by atoms with Crippen LogP contribution in [-0.4, -0.2) is 6.29 Å². The van der Waals surface area contributed by atoms with Crippen LogP contribution in [0.5, 0.6) is 0 Å². The molecule has 66 valence electrons. The standard InChI is InChI=1S/C11H16O/c12-7-11(3-4-11)10-6-8-1-2-9(10)5-8/h7-10H,1-6H2. The number of aldehydes is 1. The Hall–Kier alpha value is -0.330. The normalized spacial score (nSPS) is 47.8. The van der Waals surface area contributed by atoms with Crippen LogP contribution in [0.1, 0.15) is 38.5 Å². The van der Waals surface area contributed by atoms with Crippen molar-refractivity contribution in [1.82, 2.24) is 0 Å². The number of rotatable bonds is 2. The van der Waals surface area contributed by atoms with Crippen LogP contribution in [-0.2, 0) is 4.79 Å². The van der Waals surface area contributed by atoms with Crippen molar-refractivity contribution in [2.45, 2.75) is 38.5 Å². The molecule has 1 heteroatoms. The predicted octanol–water partition coefficient (Wildman–Crippen LogP) is 2.40. The topological polar surface area (TPSA) is 17.1 Å². The molecule has 1 nitrogen and oxygen atoms in total. The lowest BCUT2D eigenvalue weighted by molar-refractivity contribution is -0.114. The van der Waals surface area contributed by atoms with Crippen LogP contribution in [0.3, 0.4) is 0 Å². The third kappa shape index (κ3) is 0.773. The molecule has 0 amide bonds. The summed E-state index contributed by atoms with van der Waals surface area (Å²) in [5.74, 6) is 2.73. The average molecular weight is 164 g/mol. The van der Waals surface area contributed by atoms with Gasteiger partial charge in [0.05, 0.1) is 0 Å². The second kappa shape index (κ2) is 2.12. The summed E-state index contributed by atoms with van der Waals surface area (Å²) < 4.78 is 0. The first-order valence-corrected chi connectivity index (χ1v) is 5.30. The highest BCUT2D eigenvalue weighted by Crippen LogP contribution is 2.62. The zero-order valence-corrected chi connectivity index (χ0v) is 7.46. The van der Waals surface area contributed by atoms with Gasteiger partial charge in [0.1, 0.15) is 6.29 Å². The minimum absolute atomic E-state index is 0.194. The molecule has 0 radical (unpaired) electrons. The van der Waals surface area contributed by atoms with Crippen molar-refractivity contribution in [1.29, 1.82) is 0 Å². The molecule has 0 aromatic carbocycles. The van der Waals surface area contributed by atoms with Crippen LogP contribution in [0, 0.1) is 23.2 Å². The highest BCUT2D eigenvalue weighted by molar-refractivity contribution is 5.64. The fourth-order valence-electron chi connectivity index (χ4n) is 3.67. The summed E-state index contributed by atoms with van der Waals surface area (Å²) in [7, 11) is 0. The first-order valence-electron chi connectivity index (χ1n) is 5.30. The maximum absolute atomic E-state index is 11.0. The first-order chi connectivity index (χ1) is 5.84. The highest BCUT2D eigenvalue weighted by Gasteiger charge is 2.56. The molecule has 0 aromatic heterocycles. The van der Waals surface area contributed by atoms with E-state index in [1.807, 2.05) is 0 Å². The van der Waals surface area contributed by atoms with Crippen molar-refractivity contribution < 1.29 is 4.79 Å². The Morgan fingerprint density at radius 1 is 1.17 bits per heavy atom. The summed E-state index contributed by atoms with van der Waals surface area (Å²) in [6, 6.07) is 0. The van der Waals surface area contributed by atoms with Gasteiger partial charge in [-0.3, -0.25) is 0 Å². The average Bonchev–Trinajstić information content (AvgIpc) is 2.62. The van der Waals surface area contributed by atoms with E-state index in [2.05, 4.69) is 0 Å².